The molecule has 1 heterocycles. The van der Waals surface area contributed by atoms with Gasteiger partial charge in [-0.05, 0) is 58.7 Å². The molecule has 0 saturated heterocycles. The van der Waals surface area contributed by atoms with E-state index in [0.29, 0.717) is 0 Å². The van der Waals surface area contributed by atoms with Crippen molar-refractivity contribution < 1.29 is 0 Å². The Morgan fingerprint density at radius 1 is 1.25 bits per heavy atom. The maximum atomic E-state index is 5.84. The van der Waals surface area contributed by atoms with Gasteiger partial charge in [0.15, 0.2) is 0 Å². The summed E-state index contributed by atoms with van der Waals surface area (Å²) < 4.78 is 1.01. The van der Waals surface area contributed by atoms with Crippen molar-refractivity contribution >= 4 is 39.3 Å². The quantitative estimate of drug-likeness (QED) is 0.777. The van der Waals surface area contributed by atoms with Crippen LogP contribution in [-0.2, 0) is 0 Å². The Morgan fingerprint density at radius 3 is 2.56 bits per heavy atom. The molecule has 0 amide bonds. The van der Waals surface area contributed by atoms with Crippen LogP contribution in [0.5, 0.6) is 0 Å². The van der Waals surface area contributed by atoms with E-state index in [1.807, 2.05) is 30.5 Å². The zero-order valence-electron chi connectivity index (χ0n) is 8.58. The predicted molar refractivity (Wildman–Crippen MR) is 72.2 cm³/mol. The van der Waals surface area contributed by atoms with Gasteiger partial charge in [-0.3, -0.25) is 0 Å². The fourth-order valence-corrected chi connectivity index (χ4v) is 2.64. The van der Waals surface area contributed by atoms with E-state index in [4.69, 9.17) is 11.6 Å². The minimum Gasteiger partial charge on any atom is -0.248 e. The first-order valence-electron chi connectivity index (χ1n) is 4.71. The number of rotatable bonds is 2. The second-order valence-electron chi connectivity index (χ2n) is 3.33. The van der Waals surface area contributed by atoms with Gasteiger partial charge in [0, 0.05) is 20.6 Å². The van der Waals surface area contributed by atoms with Crippen molar-refractivity contribution in [2.45, 2.75) is 16.8 Å². The van der Waals surface area contributed by atoms with Crippen molar-refractivity contribution in [3.8, 4) is 0 Å². The van der Waals surface area contributed by atoms with Gasteiger partial charge in [0.25, 0.3) is 0 Å². The topological polar surface area (TPSA) is 12.9 Å². The molecule has 2 rings (SSSR count). The molecule has 0 saturated carbocycles. The molecule has 1 nitrogen and oxygen atoms in total. The van der Waals surface area contributed by atoms with Gasteiger partial charge in [0.1, 0.15) is 5.03 Å². The zero-order chi connectivity index (χ0) is 11.5. The molecule has 0 atom stereocenters. The van der Waals surface area contributed by atoms with Crippen LogP contribution in [0.15, 0.2) is 50.9 Å². The molecule has 0 aliphatic heterocycles. The number of pyridine rings is 1. The summed E-state index contributed by atoms with van der Waals surface area (Å²) in [4.78, 5) is 5.52. The largest absolute Gasteiger partial charge is 0.248 e. The van der Waals surface area contributed by atoms with Crippen LogP contribution in [-0.4, -0.2) is 4.98 Å². The number of halogens is 2. The number of aromatic nitrogens is 1. The van der Waals surface area contributed by atoms with Gasteiger partial charge >= 0.3 is 0 Å². The first-order chi connectivity index (χ1) is 7.65. The standard InChI is InChI=1S/C12H9BrClNS/c1-8-6-9(13)7-15-12(8)16-11-4-2-10(14)3-5-11/h2-7H,1H3. The molecular weight excluding hydrogens is 306 g/mol. The molecule has 0 fully saturated rings. The first-order valence-corrected chi connectivity index (χ1v) is 6.69. The average molecular weight is 315 g/mol. The van der Waals surface area contributed by atoms with Gasteiger partial charge in [-0.1, -0.05) is 23.4 Å². The van der Waals surface area contributed by atoms with Crippen LogP contribution >= 0.6 is 39.3 Å². The molecule has 0 aliphatic rings. The number of hydrogen-bond donors (Lipinski definition) is 0. The average Bonchev–Trinajstić information content (AvgIpc) is 2.25. The Labute approximate surface area is 112 Å². The van der Waals surface area contributed by atoms with Crippen molar-refractivity contribution in [1.82, 2.24) is 4.98 Å². The molecule has 0 spiro atoms. The number of benzene rings is 1. The third kappa shape index (κ3) is 3.00. The third-order valence-corrected chi connectivity index (χ3v) is 3.84. The van der Waals surface area contributed by atoms with Crippen molar-refractivity contribution in [1.29, 1.82) is 0 Å². The Hall–Kier alpha value is -0.510. The van der Waals surface area contributed by atoms with Gasteiger partial charge in [0.05, 0.1) is 0 Å². The molecule has 0 radical (unpaired) electrons. The third-order valence-electron chi connectivity index (χ3n) is 2.03. The molecule has 0 unspecified atom stereocenters. The Kier molecular flexibility index (Phi) is 3.90. The van der Waals surface area contributed by atoms with Gasteiger partial charge in [-0.2, -0.15) is 0 Å². The minimum atomic E-state index is 0.754. The highest BCUT2D eigenvalue weighted by Crippen LogP contribution is 2.30. The van der Waals surface area contributed by atoms with Crippen LogP contribution in [0.2, 0.25) is 5.02 Å². The summed E-state index contributed by atoms with van der Waals surface area (Å²) in [5, 5.41) is 1.77. The van der Waals surface area contributed by atoms with Crippen LogP contribution in [0.4, 0.5) is 0 Å². The SMILES string of the molecule is Cc1cc(Br)cnc1Sc1ccc(Cl)cc1. The Balaban J connectivity index is 2.23. The van der Waals surface area contributed by atoms with Gasteiger partial charge in [-0.25, -0.2) is 4.98 Å². The lowest BCUT2D eigenvalue weighted by atomic mass is 10.3. The van der Waals surface area contributed by atoms with E-state index in [2.05, 4.69) is 33.9 Å². The second-order valence-corrected chi connectivity index (χ2v) is 5.75. The lowest BCUT2D eigenvalue weighted by molar-refractivity contribution is 1.07. The summed E-state index contributed by atoms with van der Waals surface area (Å²) in [7, 11) is 0. The van der Waals surface area contributed by atoms with Gasteiger partial charge in [0.2, 0.25) is 0 Å². The zero-order valence-corrected chi connectivity index (χ0v) is 11.7. The number of hydrogen-bond acceptors (Lipinski definition) is 2. The van der Waals surface area contributed by atoms with E-state index in [9.17, 15) is 0 Å². The van der Waals surface area contributed by atoms with Crippen molar-refractivity contribution in [2.75, 3.05) is 0 Å². The lowest BCUT2D eigenvalue weighted by Crippen LogP contribution is -1.85. The Morgan fingerprint density at radius 2 is 1.94 bits per heavy atom. The van der Waals surface area contributed by atoms with E-state index >= 15 is 0 Å². The molecule has 2 aromatic rings. The van der Waals surface area contributed by atoms with E-state index in [0.717, 1.165) is 25.0 Å². The summed E-state index contributed by atoms with van der Waals surface area (Å²) in [5.41, 5.74) is 1.16. The van der Waals surface area contributed by atoms with E-state index in [-0.39, 0.29) is 0 Å². The molecule has 4 heteroatoms. The molecule has 0 bridgehead atoms. The monoisotopic (exact) mass is 313 g/mol. The van der Waals surface area contributed by atoms with Crippen molar-refractivity contribution in [2.24, 2.45) is 0 Å². The number of nitrogens with zero attached hydrogens (tertiary/aromatic N) is 1. The predicted octanol–water partition coefficient (Wildman–Crippen LogP) is 4.96. The summed E-state index contributed by atoms with van der Waals surface area (Å²) in [6.45, 7) is 2.05. The highest BCUT2D eigenvalue weighted by atomic mass is 79.9. The number of aryl methyl sites for hydroxylation is 1. The molecule has 1 aromatic carbocycles. The summed E-state index contributed by atoms with van der Waals surface area (Å²) in [6.07, 6.45) is 1.81. The normalized spacial score (nSPS) is 10.4. The van der Waals surface area contributed by atoms with E-state index in [1.165, 1.54) is 0 Å². The summed E-state index contributed by atoms with van der Waals surface area (Å²) in [6, 6.07) is 9.83. The maximum absolute atomic E-state index is 5.84. The molecule has 1 aromatic heterocycles. The molecule has 82 valence electrons. The summed E-state index contributed by atoms with van der Waals surface area (Å²) in [5.74, 6) is 0. The maximum Gasteiger partial charge on any atom is 0.104 e. The van der Waals surface area contributed by atoms with Gasteiger partial charge in [-0.15, -0.1) is 0 Å². The second kappa shape index (κ2) is 5.21. The highest BCUT2D eigenvalue weighted by Gasteiger charge is 2.03. The van der Waals surface area contributed by atoms with E-state index in [1.54, 1.807) is 11.8 Å². The van der Waals surface area contributed by atoms with E-state index < -0.39 is 0 Å². The van der Waals surface area contributed by atoms with Crippen molar-refractivity contribution in [3.63, 3.8) is 0 Å². The minimum absolute atomic E-state index is 0.754. The molecular formula is C12H9BrClNS. The van der Waals surface area contributed by atoms with Crippen LogP contribution in [0.1, 0.15) is 5.56 Å². The first kappa shape index (κ1) is 12.0. The molecule has 16 heavy (non-hydrogen) atoms. The van der Waals surface area contributed by atoms with Crippen molar-refractivity contribution in [3.05, 3.63) is 51.6 Å². The summed E-state index contributed by atoms with van der Waals surface area (Å²) >= 11 is 10.9. The molecule has 0 N–H and O–H groups in total. The van der Waals surface area contributed by atoms with Gasteiger partial charge < -0.3 is 0 Å². The van der Waals surface area contributed by atoms with Crippen LogP contribution in [0.3, 0.4) is 0 Å². The fraction of sp³-hybridized carbons (Fsp3) is 0.0833. The van der Waals surface area contributed by atoms with Crippen LogP contribution < -0.4 is 0 Å². The smallest absolute Gasteiger partial charge is 0.104 e. The Bertz CT molecular complexity index is 499. The fourth-order valence-electron chi connectivity index (χ4n) is 1.25. The molecule has 0 aliphatic carbocycles. The lowest BCUT2D eigenvalue weighted by Gasteiger charge is -2.04. The van der Waals surface area contributed by atoms with Crippen LogP contribution in [0, 0.1) is 6.92 Å². The highest BCUT2D eigenvalue weighted by molar-refractivity contribution is 9.10. The van der Waals surface area contributed by atoms with Crippen LogP contribution in [0.25, 0.3) is 0 Å².